The van der Waals surface area contributed by atoms with E-state index in [-0.39, 0.29) is 0 Å². The van der Waals surface area contributed by atoms with Gasteiger partial charge >= 0.3 is 0 Å². The smallest absolute Gasteiger partial charge is 0.133 e. The third-order valence-electron chi connectivity index (χ3n) is 3.45. The van der Waals surface area contributed by atoms with E-state index in [2.05, 4.69) is 64.6 Å². The molecule has 1 N–H and O–H groups in total. The molecule has 0 fully saturated rings. The van der Waals surface area contributed by atoms with Crippen LogP contribution in [0, 0.1) is 6.92 Å². The molecule has 0 aromatic heterocycles. The van der Waals surface area contributed by atoms with E-state index in [4.69, 9.17) is 4.74 Å². The zero-order valence-electron chi connectivity index (χ0n) is 12.1. The number of nitrogens with one attached hydrogen (secondary N) is 1. The van der Waals surface area contributed by atoms with Crippen molar-refractivity contribution in [3.05, 3.63) is 63.6 Å². The van der Waals surface area contributed by atoms with Gasteiger partial charge in [0.2, 0.25) is 0 Å². The molecule has 0 aliphatic heterocycles. The van der Waals surface area contributed by atoms with Crippen LogP contribution in [-0.2, 0) is 6.42 Å². The third kappa shape index (κ3) is 3.62. The van der Waals surface area contributed by atoms with E-state index in [1.54, 1.807) is 7.11 Å². The van der Waals surface area contributed by atoms with Crippen molar-refractivity contribution in [2.75, 3.05) is 14.2 Å². The first-order chi connectivity index (χ1) is 9.63. The van der Waals surface area contributed by atoms with E-state index in [9.17, 15) is 0 Å². The summed E-state index contributed by atoms with van der Waals surface area (Å²) in [5.74, 6) is 0.860. The third-order valence-corrected chi connectivity index (χ3v) is 4.07. The van der Waals surface area contributed by atoms with Crippen LogP contribution < -0.4 is 10.1 Å². The van der Waals surface area contributed by atoms with Gasteiger partial charge in [-0.05, 0) is 59.6 Å². The van der Waals surface area contributed by atoms with Gasteiger partial charge in [0, 0.05) is 6.04 Å². The number of benzene rings is 2. The van der Waals surface area contributed by atoms with Crippen LogP contribution in [0.15, 0.2) is 46.9 Å². The summed E-state index contributed by atoms with van der Waals surface area (Å²) in [6.45, 7) is 2.13. The van der Waals surface area contributed by atoms with Crippen molar-refractivity contribution in [2.45, 2.75) is 19.4 Å². The summed E-state index contributed by atoms with van der Waals surface area (Å²) >= 11 is 3.55. The highest BCUT2D eigenvalue weighted by Crippen LogP contribution is 2.29. The van der Waals surface area contributed by atoms with Crippen molar-refractivity contribution in [3.63, 3.8) is 0 Å². The number of aryl methyl sites for hydroxylation is 1. The zero-order valence-corrected chi connectivity index (χ0v) is 13.7. The molecule has 1 atom stereocenters. The molecule has 0 spiro atoms. The van der Waals surface area contributed by atoms with Gasteiger partial charge in [-0.1, -0.05) is 35.9 Å². The molecule has 2 rings (SSSR count). The Labute approximate surface area is 129 Å². The number of ether oxygens (including phenoxy) is 1. The van der Waals surface area contributed by atoms with E-state index in [1.165, 1.54) is 16.7 Å². The Bertz CT molecular complexity index is 583. The van der Waals surface area contributed by atoms with Gasteiger partial charge in [-0.15, -0.1) is 0 Å². The van der Waals surface area contributed by atoms with E-state index in [0.717, 1.165) is 16.6 Å². The second-order valence-corrected chi connectivity index (χ2v) is 5.78. The number of halogens is 1. The number of likely N-dealkylation sites (N-methyl/N-ethyl adjacent to an activating group) is 1. The predicted molar refractivity (Wildman–Crippen MR) is 87.4 cm³/mol. The van der Waals surface area contributed by atoms with Crippen LogP contribution in [0.5, 0.6) is 5.75 Å². The topological polar surface area (TPSA) is 21.3 Å². The molecule has 2 nitrogen and oxygen atoms in total. The lowest BCUT2D eigenvalue weighted by Crippen LogP contribution is -2.18. The molecule has 0 aliphatic rings. The summed E-state index contributed by atoms with van der Waals surface area (Å²) in [5.41, 5.74) is 3.89. The lowest BCUT2D eigenvalue weighted by Gasteiger charge is -2.18. The summed E-state index contributed by atoms with van der Waals surface area (Å²) in [6, 6.07) is 15.2. The highest BCUT2D eigenvalue weighted by Gasteiger charge is 2.12. The Hall–Kier alpha value is -1.32. The highest BCUT2D eigenvalue weighted by molar-refractivity contribution is 9.10. The Balaban J connectivity index is 2.22. The van der Waals surface area contributed by atoms with Crippen molar-refractivity contribution in [2.24, 2.45) is 0 Å². The summed E-state index contributed by atoms with van der Waals surface area (Å²) in [4.78, 5) is 0. The fraction of sp³-hybridized carbons (Fsp3) is 0.294. The molecule has 0 saturated heterocycles. The second kappa shape index (κ2) is 6.91. The van der Waals surface area contributed by atoms with Crippen LogP contribution in [0.3, 0.4) is 0 Å². The normalized spacial score (nSPS) is 12.2. The molecule has 1 unspecified atom stereocenters. The van der Waals surface area contributed by atoms with Crippen LogP contribution in [0.25, 0.3) is 0 Å². The van der Waals surface area contributed by atoms with Gasteiger partial charge in [-0.25, -0.2) is 0 Å². The first-order valence-corrected chi connectivity index (χ1v) is 7.49. The average Bonchev–Trinajstić information content (AvgIpc) is 2.44. The maximum Gasteiger partial charge on any atom is 0.133 e. The van der Waals surface area contributed by atoms with E-state index < -0.39 is 0 Å². The van der Waals surface area contributed by atoms with Gasteiger partial charge in [0.05, 0.1) is 11.6 Å². The van der Waals surface area contributed by atoms with Gasteiger partial charge in [-0.3, -0.25) is 0 Å². The summed E-state index contributed by atoms with van der Waals surface area (Å²) in [6.07, 6.45) is 0.969. The fourth-order valence-electron chi connectivity index (χ4n) is 2.36. The molecule has 0 heterocycles. The van der Waals surface area contributed by atoms with Crippen molar-refractivity contribution >= 4 is 15.9 Å². The van der Waals surface area contributed by atoms with Crippen LogP contribution in [0.1, 0.15) is 22.7 Å². The Morgan fingerprint density at radius 3 is 2.60 bits per heavy atom. The Morgan fingerprint density at radius 2 is 2.00 bits per heavy atom. The highest BCUT2D eigenvalue weighted by atomic mass is 79.9. The minimum atomic E-state index is 0.291. The number of methoxy groups -OCH3 is 1. The molecule has 0 amide bonds. The summed E-state index contributed by atoms with van der Waals surface area (Å²) in [7, 11) is 3.68. The number of hydrogen-bond acceptors (Lipinski definition) is 2. The second-order valence-electron chi connectivity index (χ2n) is 4.93. The SMILES string of the molecule is CNC(Cc1cccc(C)c1)c1ccc(OC)c(Br)c1. The van der Waals surface area contributed by atoms with E-state index >= 15 is 0 Å². The molecule has 2 aromatic carbocycles. The van der Waals surface area contributed by atoms with E-state index in [0.29, 0.717) is 6.04 Å². The standard InChI is InChI=1S/C17H20BrNO/c1-12-5-4-6-13(9-12)10-16(19-2)14-7-8-17(20-3)15(18)11-14/h4-9,11,16,19H,10H2,1-3H3. The first kappa shape index (κ1) is 15.1. The number of hydrogen-bond donors (Lipinski definition) is 1. The maximum absolute atomic E-state index is 5.28. The maximum atomic E-state index is 5.28. The minimum absolute atomic E-state index is 0.291. The molecule has 20 heavy (non-hydrogen) atoms. The Kier molecular flexibility index (Phi) is 5.21. The lowest BCUT2D eigenvalue weighted by molar-refractivity contribution is 0.411. The Morgan fingerprint density at radius 1 is 1.20 bits per heavy atom. The lowest BCUT2D eigenvalue weighted by atomic mass is 9.98. The molecule has 0 bridgehead atoms. The minimum Gasteiger partial charge on any atom is -0.496 e. The van der Waals surface area contributed by atoms with Gasteiger partial charge in [0.25, 0.3) is 0 Å². The zero-order chi connectivity index (χ0) is 14.5. The molecule has 106 valence electrons. The van der Waals surface area contributed by atoms with Gasteiger partial charge in [0.15, 0.2) is 0 Å². The van der Waals surface area contributed by atoms with Crippen molar-refractivity contribution < 1.29 is 4.74 Å². The molecular weight excluding hydrogens is 314 g/mol. The molecule has 0 radical (unpaired) electrons. The molecule has 0 aliphatic carbocycles. The van der Waals surface area contributed by atoms with Gasteiger partial charge < -0.3 is 10.1 Å². The van der Waals surface area contributed by atoms with Crippen LogP contribution >= 0.6 is 15.9 Å². The summed E-state index contributed by atoms with van der Waals surface area (Å²) < 4.78 is 6.27. The van der Waals surface area contributed by atoms with Crippen molar-refractivity contribution in [3.8, 4) is 5.75 Å². The quantitative estimate of drug-likeness (QED) is 0.882. The average molecular weight is 334 g/mol. The molecular formula is C17H20BrNO. The molecule has 0 saturated carbocycles. The first-order valence-electron chi connectivity index (χ1n) is 6.70. The van der Waals surface area contributed by atoms with Crippen molar-refractivity contribution in [1.82, 2.24) is 5.32 Å². The summed E-state index contributed by atoms with van der Waals surface area (Å²) in [5, 5.41) is 3.39. The van der Waals surface area contributed by atoms with Crippen LogP contribution in [0.4, 0.5) is 0 Å². The molecule has 3 heteroatoms. The van der Waals surface area contributed by atoms with Crippen molar-refractivity contribution in [1.29, 1.82) is 0 Å². The monoisotopic (exact) mass is 333 g/mol. The predicted octanol–water partition coefficient (Wildman–Crippen LogP) is 4.27. The van der Waals surface area contributed by atoms with Crippen LogP contribution in [-0.4, -0.2) is 14.2 Å². The van der Waals surface area contributed by atoms with E-state index in [1.807, 2.05) is 13.1 Å². The largest absolute Gasteiger partial charge is 0.496 e. The van der Waals surface area contributed by atoms with Crippen LogP contribution in [0.2, 0.25) is 0 Å². The molecule has 2 aromatic rings. The number of rotatable bonds is 5. The van der Waals surface area contributed by atoms with Gasteiger partial charge in [-0.2, -0.15) is 0 Å². The fourth-order valence-corrected chi connectivity index (χ4v) is 2.92. The van der Waals surface area contributed by atoms with Gasteiger partial charge in [0.1, 0.15) is 5.75 Å².